The van der Waals surface area contributed by atoms with Gasteiger partial charge in [0, 0.05) is 38.5 Å². The van der Waals surface area contributed by atoms with Crippen LogP contribution < -0.4 is 0 Å². The Bertz CT molecular complexity index is 330. The summed E-state index contributed by atoms with van der Waals surface area (Å²) in [4.78, 5) is 4.65. The molecule has 1 aliphatic heterocycles. The van der Waals surface area contributed by atoms with Gasteiger partial charge in [-0.15, -0.1) is 17.7 Å². The summed E-state index contributed by atoms with van der Waals surface area (Å²) < 4.78 is 12.9. The molecule has 17 heavy (non-hydrogen) atoms. The second-order valence-corrected chi connectivity index (χ2v) is 4.11. The van der Waals surface area contributed by atoms with Gasteiger partial charge in [0.2, 0.25) is 0 Å². The Hall–Kier alpha value is 0.173. The second kappa shape index (κ2) is 8.31. The van der Waals surface area contributed by atoms with Crippen molar-refractivity contribution in [1.29, 1.82) is 0 Å². The van der Waals surface area contributed by atoms with Gasteiger partial charge in [-0.2, -0.15) is 12.1 Å². The number of nitrogens with zero attached hydrogens (tertiary/aromatic N) is 2. The van der Waals surface area contributed by atoms with Crippen molar-refractivity contribution in [3.8, 4) is 0 Å². The van der Waals surface area contributed by atoms with Gasteiger partial charge in [-0.3, -0.25) is 4.90 Å². The monoisotopic (exact) mass is 350 g/mol. The van der Waals surface area contributed by atoms with Gasteiger partial charge in [-0.05, 0) is 7.05 Å². The topological polar surface area (TPSA) is 6.48 Å². The average Bonchev–Trinajstić information content (AvgIpc) is 2.35. The number of rotatable bonds is 2. The van der Waals surface area contributed by atoms with Gasteiger partial charge >= 0.3 is 30.0 Å². The summed E-state index contributed by atoms with van der Waals surface area (Å²) in [6.45, 7) is 5.11. The van der Waals surface area contributed by atoms with E-state index in [-0.39, 0.29) is 5.82 Å². The zero-order valence-corrected chi connectivity index (χ0v) is 14.7. The number of halogens is 2. The second-order valence-electron chi connectivity index (χ2n) is 4.11. The van der Waals surface area contributed by atoms with Crippen LogP contribution in [0.1, 0.15) is 5.56 Å². The molecule has 0 atom stereocenters. The fourth-order valence-corrected chi connectivity index (χ4v) is 1.82. The molecule has 5 heteroatoms. The fourth-order valence-electron chi connectivity index (χ4n) is 1.82. The molecule has 1 saturated heterocycles. The summed E-state index contributed by atoms with van der Waals surface area (Å²) in [6.07, 6.45) is 0. The van der Waals surface area contributed by atoms with Crippen LogP contribution in [0.2, 0.25) is 0 Å². The van der Waals surface area contributed by atoms with Crippen LogP contribution in [0.3, 0.4) is 0 Å². The molecule has 0 amide bonds. The first-order valence-corrected chi connectivity index (χ1v) is 12.5. The predicted molar refractivity (Wildman–Crippen MR) is 66.9 cm³/mol. The molecule has 90 valence electrons. The number of likely N-dealkylation sites (N-methyl/N-ethyl adjacent to an activating group) is 1. The van der Waals surface area contributed by atoms with E-state index >= 15 is 0 Å². The predicted octanol–water partition coefficient (Wildman–Crippen LogP) is 2.22. The van der Waals surface area contributed by atoms with Crippen LogP contribution in [0.15, 0.2) is 18.2 Å². The number of hydrogen-bond donors (Lipinski definition) is 0. The van der Waals surface area contributed by atoms with E-state index in [2.05, 4.69) is 36.5 Å². The molecule has 0 aliphatic carbocycles. The normalized spacial score (nSPS) is 17.5. The molecule has 0 unspecified atom stereocenters. The summed E-state index contributed by atoms with van der Waals surface area (Å²) >= 11 is 4.25. The first-order valence-electron chi connectivity index (χ1n) is 5.58. The van der Waals surface area contributed by atoms with Gasteiger partial charge in [-0.1, -0.05) is 0 Å². The summed E-state index contributed by atoms with van der Waals surface area (Å²) in [5.41, 5.74) is 0.944. The van der Waals surface area contributed by atoms with E-state index in [9.17, 15) is 4.39 Å². The van der Waals surface area contributed by atoms with Crippen LogP contribution in [0.25, 0.3) is 0 Å². The molecule has 0 spiro atoms. The maximum atomic E-state index is 12.9. The average molecular weight is 353 g/mol. The molecule has 2 rings (SSSR count). The fraction of sp³-hybridized carbons (Fsp3) is 0.500. The van der Waals surface area contributed by atoms with Crippen molar-refractivity contribution in [3.05, 3.63) is 35.6 Å². The van der Waals surface area contributed by atoms with E-state index in [1.54, 1.807) is 12.1 Å². The third-order valence-electron chi connectivity index (χ3n) is 2.81. The first-order chi connectivity index (χ1) is 8.24. The number of hydrogen-bond acceptors (Lipinski definition) is 2. The summed E-state index contributed by atoms with van der Waals surface area (Å²) in [7, 11) is 2.13. The van der Waals surface area contributed by atoms with Gasteiger partial charge in [0.1, 0.15) is 0 Å². The van der Waals surface area contributed by atoms with E-state index < -0.39 is 0 Å². The van der Waals surface area contributed by atoms with Crippen molar-refractivity contribution in [2.24, 2.45) is 0 Å². The van der Waals surface area contributed by atoms with Crippen LogP contribution in [0, 0.1) is 11.9 Å². The van der Waals surface area contributed by atoms with Crippen LogP contribution in [-0.2, 0) is 22.9 Å². The molecule has 0 bridgehead atoms. The quantitative estimate of drug-likeness (QED) is 0.595. The van der Waals surface area contributed by atoms with Gasteiger partial charge in [0.15, 0.2) is 0 Å². The summed E-state index contributed by atoms with van der Waals surface area (Å²) in [5.74, 6) is -0.169. The molecular formula is C12H16BrFN2Zn. The van der Waals surface area contributed by atoms with E-state index in [1.807, 2.05) is 0 Å². The molecule has 1 aromatic carbocycles. The van der Waals surface area contributed by atoms with Crippen molar-refractivity contribution in [2.75, 3.05) is 33.2 Å². The Kier molecular flexibility index (Phi) is 7.44. The number of piperazine rings is 1. The molecule has 1 aliphatic rings. The molecule has 0 saturated carbocycles. The molecule has 0 radical (unpaired) electrons. The SMILES string of the molecule is CN1CCN(Cc2[c-]ccc(F)c2)CC1.[Zn+][Br]. The Labute approximate surface area is 119 Å². The summed E-state index contributed by atoms with van der Waals surface area (Å²) in [6, 6.07) is 7.73. The van der Waals surface area contributed by atoms with E-state index in [4.69, 9.17) is 0 Å². The molecule has 1 fully saturated rings. The van der Waals surface area contributed by atoms with Crippen molar-refractivity contribution in [1.82, 2.24) is 9.80 Å². The van der Waals surface area contributed by atoms with Gasteiger partial charge in [0.05, 0.1) is 0 Å². The zero-order chi connectivity index (χ0) is 12.7. The maximum absolute atomic E-state index is 12.9. The van der Waals surface area contributed by atoms with Crippen LogP contribution in [0.4, 0.5) is 4.39 Å². The number of benzene rings is 1. The van der Waals surface area contributed by atoms with E-state index in [0.29, 0.717) is 0 Å². The van der Waals surface area contributed by atoms with Gasteiger partial charge in [0.25, 0.3) is 0 Å². The Morgan fingerprint density at radius 1 is 1.35 bits per heavy atom. The van der Waals surface area contributed by atoms with Crippen molar-refractivity contribution >= 4 is 13.6 Å². The van der Waals surface area contributed by atoms with Gasteiger partial charge in [-0.25, -0.2) is 4.39 Å². The third kappa shape index (κ3) is 5.56. The Morgan fingerprint density at radius 2 is 2.00 bits per heavy atom. The Morgan fingerprint density at radius 3 is 2.59 bits per heavy atom. The third-order valence-corrected chi connectivity index (χ3v) is 2.81. The van der Waals surface area contributed by atoms with Crippen molar-refractivity contribution < 1.29 is 20.7 Å². The van der Waals surface area contributed by atoms with E-state index in [1.165, 1.54) is 22.4 Å². The molecule has 0 aromatic heterocycles. The van der Waals surface area contributed by atoms with E-state index in [0.717, 1.165) is 38.3 Å². The minimum atomic E-state index is -0.169. The van der Waals surface area contributed by atoms with Gasteiger partial charge < -0.3 is 4.90 Å². The van der Waals surface area contributed by atoms with Crippen LogP contribution >= 0.6 is 13.6 Å². The first kappa shape index (κ1) is 15.2. The molecule has 0 N–H and O–H groups in total. The Balaban J connectivity index is 0.000000686. The molecular weight excluding hydrogens is 336 g/mol. The van der Waals surface area contributed by atoms with Crippen LogP contribution in [-0.4, -0.2) is 43.0 Å². The molecule has 1 heterocycles. The van der Waals surface area contributed by atoms with Crippen molar-refractivity contribution in [2.45, 2.75) is 6.54 Å². The standard InChI is InChI=1S/C12H16FN2.BrH.Zn/c1-14-5-7-15(8-6-14)10-11-3-2-4-12(13)9-11;;/h2,4,9H,5-8,10H2,1H3;1H;/q-1;;+2/p-1. The van der Waals surface area contributed by atoms with Crippen molar-refractivity contribution in [3.63, 3.8) is 0 Å². The molecule has 2 nitrogen and oxygen atoms in total. The molecule has 1 aromatic rings. The summed E-state index contributed by atoms with van der Waals surface area (Å²) in [5, 5.41) is 0. The zero-order valence-electron chi connectivity index (χ0n) is 10.1. The minimum absolute atomic E-state index is 0.169. The van der Waals surface area contributed by atoms with Crippen LogP contribution in [0.5, 0.6) is 0 Å².